The van der Waals surface area contributed by atoms with E-state index in [4.69, 9.17) is 5.11 Å². The Morgan fingerprint density at radius 3 is 2.54 bits per heavy atom. The molecule has 0 aliphatic rings. The zero-order valence-corrected chi connectivity index (χ0v) is 13.5. The van der Waals surface area contributed by atoms with Crippen molar-refractivity contribution in [2.75, 3.05) is 23.8 Å². The van der Waals surface area contributed by atoms with Crippen LogP contribution in [0.1, 0.15) is 12.5 Å². The highest BCUT2D eigenvalue weighted by atomic mass is 16.3. The average molecular weight is 331 g/mol. The molecule has 0 atom stereocenters. The fourth-order valence-corrected chi connectivity index (χ4v) is 2.10. The van der Waals surface area contributed by atoms with Gasteiger partial charge in [-0.2, -0.15) is 5.10 Å². The molecule has 1 aromatic heterocycles. The number of rotatable bonds is 7. The van der Waals surface area contributed by atoms with Gasteiger partial charge in [0.2, 0.25) is 5.91 Å². The largest absolute Gasteiger partial charge is 0.394 e. The molecule has 0 spiro atoms. The molecule has 0 unspecified atom stereocenters. The maximum atomic E-state index is 11.9. The SMILES string of the molecule is CCNC(=O)Cc1ccc(NC(=O)Nc2cnn(CCO)c2)cc1. The molecule has 4 N–H and O–H groups in total. The van der Waals surface area contributed by atoms with E-state index < -0.39 is 6.03 Å². The van der Waals surface area contributed by atoms with Crippen LogP contribution in [0.5, 0.6) is 0 Å². The molecule has 2 rings (SSSR count). The number of aliphatic hydroxyl groups excluding tert-OH is 1. The summed E-state index contributed by atoms with van der Waals surface area (Å²) in [6, 6.07) is 6.68. The minimum absolute atomic E-state index is 0.0179. The molecule has 8 heteroatoms. The Kier molecular flexibility index (Phi) is 6.32. The van der Waals surface area contributed by atoms with Crippen LogP contribution in [0.2, 0.25) is 0 Å². The van der Waals surface area contributed by atoms with Crippen LogP contribution in [0.15, 0.2) is 36.7 Å². The Morgan fingerprint density at radius 2 is 1.88 bits per heavy atom. The molecule has 0 aliphatic heterocycles. The second kappa shape index (κ2) is 8.68. The van der Waals surface area contributed by atoms with Gasteiger partial charge in [0.05, 0.1) is 31.5 Å². The van der Waals surface area contributed by atoms with Crippen LogP contribution in [-0.4, -0.2) is 40.0 Å². The second-order valence-electron chi connectivity index (χ2n) is 5.12. The number of carbonyl (C=O) groups is 2. The molecule has 1 heterocycles. The van der Waals surface area contributed by atoms with Crippen LogP contribution in [0.25, 0.3) is 0 Å². The van der Waals surface area contributed by atoms with E-state index in [1.54, 1.807) is 30.5 Å². The molecule has 1 aromatic carbocycles. The fraction of sp³-hybridized carbons (Fsp3) is 0.312. The smallest absolute Gasteiger partial charge is 0.323 e. The molecule has 0 saturated heterocycles. The monoisotopic (exact) mass is 331 g/mol. The zero-order chi connectivity index (χ0) is 17.4. The first-order valence-electron chi connectivity index (χ1n) is 7.67. The predicted octanol–water partition coefficient (Wildman–Crippen LogP) is 1.20. The van der Waals surface area contributed by atoms with Crippen molar-refractivity contribution < 1.29 is 14.7 Å². The predicted molar refractivity (Wildman–Crippen MR) is 90.8 cm³/mol. The van der Waals surface area contributed by atoms with E-state index in [-0.39, 0.29) is 12.5 Å². The Hall–Kier alpha value is -2.87. The number of benzene rings is 1. The average Bonchev–Trinajstić information content (AvgIpc) is 2.97. The van der Waals surface area contributed by atoms with E-state index in [0.717, 1.165) is 5.56 Å². The third kappa shape index (κ3) is 5.40. The van der Waals surface area contributed by atoms with Gasteiger partial charge < -0.3 is 21.1 Å². The number of aliphatic hydroxyl groups is 1. The van der Waals surface area contributed by atoms with E-state index in [2.05, 4.69) is 21.0 Å². The van der Waals surface area contributed by atoms with Crippen LogP contribution in [0.3, 0.4) is 0 Å². The Morgan fingerprint density at radius 1 is 1.17 bits per heavy atom. The number of hydrogen-bond donors (Lipinski definition) is 4. The maximum absolute atomic E-state index is 11.9. The van der Waals surface area contributed by atoms with Crippen molar-refractivity contribution in [3.05, 3.63) is 42.2 Å². The molecule has 24 heavy (non-hydrogen) atoms. The van der Waals surface area contributed by atoms with Gasteiger partial charge >= 0.3 is 6.03 Å². The van der Waals surface area contributed by atoms with Gasteiger partial charge in [0.25, 0.3) is 0 Å². The van der Waals surface area contributed by atoms with Gasteiger partial charge in [-0.1, -0.05) is 12.1 Å². The second-order valence-corrected chi connectivity index (χ2v) is 5.12. The number of aromatic nitrogens is 2. The van der Waals surface area contributed by atoms with Gasteiger partial charge in [-0.15, -0.1) is 0 Å². The first-order valence-corrected chi connectivity index (χ1v) is 7.67. The minimum atomic E-state index is -0.393. The Balaban J connectivity index is 1.85. The first kappa shape index (κ1) is 17.5. The molecule has 0 bridgehead atoms. The summed E-state index contributed by atoms with van der Waals surface area (Å²) in [6.45, 7) is 2.83. The maximum Gasteiger partial charge on any atom is 0.323 e. The van der Waals surface area contributed by atoms with E-state index in [9.17, 15) is 9.59 Å². The van der Waals surface area contributed by atoms with Gasteiger partial charge in [-0.25, -0.2) is 4.79 Å². The van der Waals surface area contributed by atoms with E-state index in [1.807, 2.05) is 6.92 Å². The van der Waals surface area contributed by atoms with Crippen LogP contribution in [-0.2, 0) is 17.8 Å². The molecule has 2 aromatic rings. The van der Waals surface area contributed by atoms with Crippen LogP contribution in [0, 0.1) is 0 Å². The zero-order valence-electron chi connectivity index (χ0n) is 13.5. The van der Waals surface area contributed by atoms with Gasteiger partial charge in [0.15, 0.2) is 0 Å². The Bertz CT molecular complexity index is 681. The molecule has 128 valence electrons. The summed E-state index contributed by atoms with van der Waals surface area (Å²) in [7, 11) is 0. The van der Waals surface area contributed by atoms with E-state index in [1.165, 1.54) is 10.9 Å². The van der Waals surface area contributed by atoms with Crippen LogP contribution >= 0.6 is 0 Å². The third-order valence-corrected chi connectivity index (χ3v) is 3.17. The molecular weight excluding hydrogens is 310 g/mol. The number of amides is 3. The van der Waals surface area contributed by atoms with Crippen molar-refractivity contribution in [3.63, 3.8) is 0 Å². The lowest BCUT2D eigenvalue weighted by molar-refractivity contribution is -0.120. The lowest BCUT2D eigenvalue weighted by Crippen LogP contribution is -2.24. The highest BCUT2D eigenvalue weighted by Crippen LogP contribution is 2.11. The molecule has 8 nitrogen and oxygen atoms in total. The van der Waals surface area contributed by atoms with Crippen LogP contribution in [0.4, 0.5) is 16.2 Å². The van der Waals surface area contributed by atoms with Crippen molar-refractivity contribution in [3.8, 4) is 0 Å². The summed E-state index contributed by atoms with van der Waals surface area (Å²) in [5.41, 5.74) is 2.03. The quantitative estimate of drug-likeness (QED) is 0.611. The molecule has 0 saturated carbocycles. The fourth-order valence-electron chi connectivity index (χ4n) is 2.10. The van der Waals surface area contributed by atoms with Crippen molar-refractivity contribution in [2.24, 2.45) is 0 Å². The first-order chi connectivity index (χ1) is 11.6. The van der Waals surface area contributed by atoms with Crippen molar-refractivity contribution in [1.82, 2.24) is 15.1 Å². The summed E-state index contributed by atoms with van der Waals surface area (Å²) in [6.07, 6.45) is 3.44. The van der Waals surface area contributed by atoms with Gasteiger partial charge in [0, 0.05) is 18.4 Å². The van der Waals surface area contributed by atoms with Gasteiger partial charge in [-0.3, -0.25) is 9.48 Å². The highest BCUT2D eigenvalue weighted by Gasteiger charge is 2.06. The van der Waals surface area contributed by atoms with Gasteiger partial charge in [-0.05, 0) is 24.6 Å². The summed E-state index contributed by atoms with van der Waals surface area (Å²) in [5, 5.41) is 20.9. The van der Waals surface area contributed by atoms with E-state index >= 15 is 0 Å². The molecule has 0 fully saturated rings. The summed E-state index contributed by atoms with van der Waals surface area (Å²) < 4.78 is 1.53. The molecule has 0 radical (unpaired) electrons. The molecule has 0 aliphatic carbocycles. The van der Waals surface area contributed by atoms with E-state index in [0.29, 0.717) is 30.9 Å². The lowest BCUT2D eigenvalue weighted by Gasteiger charge is -2.07. The standard InChI is InChI=1S/C16H21N5O3/c1-2-17-15(23)9-12-3-5-13(6-4-12)19-16(24)20-14-10-18-21(11-14)7-8-22/h3-6,10-11,22H,2,7-9H2,1H3,(H,17,23)(H2,19,20,24). The number of nitrogens with one attached hydrogen (secondary N) is 3. The Labute approximate surface area is 139 Å². The molecular formula is C16H21N5O3. The van der Waals surface area contributed by atoms with Gasteiger partial charge in [0.1, 0.15) is 0 Å². The number of urea groups is 1. The number of nitrogens with zero attached hydrogens (tertiary/aromatic N) is 2. The van der Waals surface area contributed by atoms with Crippen molar-refractivity contribution >= 4 is 23.3 Å². The minimum Gasteiger partial charge on any atom is -0.394 e. The summed E-state index contributed by atoms with van der Waals surface area (Å²) in [5.74, 6) is -0.0316. The van der Waals surface area contributed by atoms with Crippen LogP contribution < -0.4 is 16.0 Å². The summed E-state index contributed by atoms with van der Waals surface area (Å²) >= 11 is 0. The number of hydrogen-bond acceptors (Lipinski definition) is 4. The molecule has 3 amide bonds. The normalized spacial score (nSPS) is 10.2. The lowest BCUT2D eigenvalue weighted by atomic mass is 10.1. The summed E-state index contributed by atoms with van der Waals surface area (Å²) in [4.78, 5) is 23.4. The highest BCUT2D eigenvalue weighted by molar-refractivity contribution is 5.99. The third-order valence-electron chi connectivity index (χ3n) is 3.17. The topological polar surface area (TPSA) is 108 Å². The van der Waals surface area contributed by atoms with Crippen molar-refractivity contribution in [2.45, 2.75) is 19.9 Å². The number of likely N-dealkylation sites (N-methyl/N-ethyl adjacent to an activating group) is 1. The van der Waals surface area contributed by atoms with Crippen molar-refractivity contribution in [1.29, 1.82) is 0 Å². The number of carbonyl (C=O) groups excluding carboxylic acids is 2. The number of anilines is 2.